The van der Waals surface area contributed by atoms with Crippen LogP contribution < -0.4 is 4.74 Å². The van der Waals surface area contributed by atoms with Crippen LogP contribution in [0.3, 0.4) is 0 Å². The highest BCUT2D eigenvalue weighted by atomic mass is 16.5. The molecule has 3 heteroatoms. The summed E-state index contributed by atoms with van der Waals surface area (Å²) in [6.45, 7) is 7.65. The van der Waals surface area contributed by atoms with E-state index < -0.39 is 0 Å². The standard InChI is InChI=1S/C18H24N2O/c1-12(2)11-20-18(7-8-19-20)16-6-5-15-13(3)9-14(21-4)10-17(15)16/h7-10,12,16H,5-6,11H2,1-4H3. The Bertz CT molecular complexity index is 643. The minimum atomic E-state index is 0.454. The lowest BCUT2D eigenvalue weighted by Crippen LogP contribution is -2.12. The average Bonchev–Trinajstić information content (AvgIpc) is 3.04. The Hall–Kier alpha value is -1.77. The van der Waals surface area contributed by atoms with Crippen molar-refractivity contribution in [2.45, 2.75) is 46.1 Å². The molecule has 1 aromatic carbocycles. The van der Waals surface area contributed by atoms with Gasteiger partial charge in [0, 0.05) is 24.4 Å². The van der Waals surface area contributed by atoms with Crippen LogP contribution in [0.25, 0.3) is 0 Å². The molecule has 1 unspecified atom stereocenters. The van der Waals surface area contributed by atoms with Crippen molar-refractivity contribution >= 4 is 0 Å². The van der Waals surface area contributed by atoms with Gasteiger partial charge in [-0.2, -0.15) is 5.10 Å². The van der Waals surface area contributed by atoms with Crippen LogP contribution in [0, 0.1) is 12.8 Å². The number of aryl methyl sites for hydroxylation is 1. The number of hydrogen-bond acceptors (Lipinski definition) is 2. The Labute approximate surface area is 126 Å². The second kappa shape index (κ2) is 5.55. The zero-order valence-electron chi connectivity index (χ0n) is 13.4. The summed E-state index contributed by atoms with van der Waals surface area (Å²) in [5.74, 6) is 2.03. The summed E-state index contributed by atoms with van der Waals surface area (Å²) in [5, 5.41) is 4.52. The second-order valence-corrected chi connectivity index (χ2v) is 6.44. The van der Waals surface area contributed by atoms with Crippen molar-refractivity contribution in [3.63, 3.8) is 0 Å². The van der Waals surface area contributed by atoms with Crippen molar-refractivity contribution in [3.8, 4) is 5.75 Å². The van der Waals surface area contributed by atoms with Gasteiger partial charge in [0.25, 0.3) is 0 Å². The van der Waals surface area contributed by atoms with Gasteiger partial charge in [-0.15, -0.1) is 0 Å². The van der Waals surface area contributed by atoms with Gasteiger partial charge < -0.3 is 4.74 Å². The van der Waals surface area contributed by atoms with E-state index in [1.807, 2.05) is 6.20 Å². The quantitative estimate of drug-likeness (QED) is 0.850. The normalized spacial score (nSPS) is 17.3. The molecular weight excluding hydrogens is 260 g/mol. The number of hydrogen-bond donors (Lipinski definition) is 0. The molecule has 1 atom stereocenters. The Kier molecular flexibility index (Phi) is 3.75. The van der Waals surface area contributed by atoms with E-state index in [1.54, 1.807) is 7.11 Å². The van der Waals surface area contributed by atoms with Crippen molar-refractivity contribution < 1.29 is 4.74 Å². The smallest absolute Gasteiger partial charge is 0.119 e. The lowest BCUT2D eigenvalue weighted by Gasteiger charge is -2.17. The maximum absolute atomic E-state index is 5.46. The number of aromatic nitrogens is 2. The van der Waals surface area contributed by atoms with Crippen molar-refractivity contribution in [2.75, 3.05) is 7.11 Å². The molecule has 1 aliphatic rings. The van der Waals surface area contributed by atoms with Gasteiger partial charge in [0.05, 0.1) is 7.11 Å². The number of benzene rings is 1. The molecule has 0 N–H and O–H groups in total. The van der Waals surface area contributed by atoms with Crippen LogP contribution in [0.5, 0.6) is 5.75 Å². The lowest BCUT2D eigenvalue weighted by atomic mass is 9.95. The summed E-state index contributed by atoms with van der Waals surface area (Å²) >= 11 is 0. The van der Waals surface area contributed by atoms with Crippen LogP contribution in [-0.2, 0) is 13.0 Å². The molecule has 0 spiro atoms. The fourth-order valence-corrected chi connectivity index (χ4v) is 3.47. The fourth-order valence-electron chi connectivity index (χ4n) is 3.47. The third-order valence-corrected chi connectivity index (χ3v) is 4.42. The molecule has 112 valence electrons. The molecule has 1 heterocycles. The molecular formula is C18H24N2O. The van der Waals surface area contributed by atoms with Gasteiger partial charge in [0.2, 0.25) is 0 Å². The van der Waals surface area contributed by atoms with E-state index in [0.717, 1.165) is 18.7 Å². The van der Waals surface area contributed by atoms with Gasteiger partial charge in [-0.1, -0.05) is 13.8 Å². The molecule has 0 aliphatic heterocycles. The van der Waals surface area contributed by atoms with Gasteiger partial charge in [-0.05, 0) is 60.6 Å². The van der Waals surface area contributed by atoms with Crippen LogP contribution in [-0.4, -0.2) is 16.9 Å². The first-order valence-electron chi connectivity index (χ1n) is 7.79. The molecule has 0 fully saturated rings. The van der Waals surface area contributed by atoms with Gasteiger partial charge in [0.15, 0.2) is 0 Å². The summed E-state index contributed by atoms with van der Waals surface area (Å²) in [6.07, 6.45) is 4.26. The first kappa shape index (κ1) is 14.2. The molecule has 21 heavy (non-hydrogen) atoms. The largest absolute Gasteiger partial charge is 0.497 e. The van der Waals surface area contributed by atoms with E-state index in [4.69, 9.17) is 4.74 Å². The molecule has 1 aliphatic carbocycles. The number of nitrogens with zero attached hydrogens (tertiary/aromatic N) is 2. The molecule has 2 aromatic rings. The summed E-state index contributed by atoms with van der Waals surface area (Å²) in [5.41, 5.74) is 5.62. The minimum Gasteiger partial charge on any atom is -0.497 e. The van der Waals surface area contributed by atoms with E-state index in [1.165, 1.54) is 28.8 Å². The van der Waals surface area contributed by atoms with E-state index in [9.17, 15) is 0 Å². The number of methoxy groups -OCH3 is 1. The third-order valence-electron chi connectivity index (χ3n) is 4.42. The van der Waals surface area contributed by atoms with Crippen molar-refractivity contribution in [1.29, 1.82) is 0 Å². The summed E-state index contributed by atoms with van der Waals surface area (Å²) in [7, 11) is 1.74. The molecule has 0 saturated heterocycles. The summed E-state index contributed by atoms with van der Waals surface area (Å²) in [6, 6.07) is 6.54. The minimum absolute atomic E-state index is 0.454. The maximum Gasteiger partial charge on any atom is 0.119 e. The highest BCUT2D eigenvalue weighted by Crippen LogP contribution is 2.41. The van der Waals surface area contributed by atoms with Crippen LogP contribution in [0.2, 0.25) is 0 Å². The zero-order valence-corrected chi connectivity index (χ0v) is 13.4. The molecule has 3 rings (SSSR count). The van der Waals surface area contributed by atoms with E-state index in [0.29, 0.717) is 11.8 Å². The predicted molar refractivity (Wildman–Crippen MR) is 85.0 cm³/mol. The van der Waals surface area contributed by atoms with E-state index in [-0.39, 0.29) is 0 Å². The number of ether oxygens (including phenoxy) is 1. The molecule has 1 aromatic heterocycles. The maximum atomic E-state index is 5.46. The highest BCUT2D eigenvalue weighted by molar-refractivity contribution is 5.49. The van der Waals surface area contributed by atoms with Gasteiger partial charge in [-0.25, -0.2) is 0 Å². The molecule has 0 amide bonds. The second-order valence-electron chi connectivity index (χ2n) is 6.44. The average molecular weight is 284 g/mol. The summed E-state index contributed by atoms with van der Waals surface area (Å²) in [4.78, 5) is 0. The molecule has 3 nitrogen and oxygen atoms in total. The van der Waals surface area contributed by atoms with Crippen LogP contribution in [0.1, 0.15) is 48.6 Å². The van der Waals surface area contributed by atoms with Crippen LogP contribution in [0.15, 0.2) is 24.4 Å². The van der Waals surface area contributed by atoms with Crippen molar-refractivity contribution in [1.82, 2.24) is 9.78 Å². The predicted octanol–water partition coefficient (Wildman–Crippen LogP) is 3.93. The summed E-state index contributed by atoms with van der Waals surface area (Å²) < 4.78 is 7.64. The van der Waals surface area contributed by atoms with Crippen molar-refractivity contribution in [3.05, 3.63) is 46.8 Å². The lowest BCUT2D eigenvalue weighted by molar-refractivity contribution is 0.413. The SMILES string of the molecule is COc1cc(C)c2c(c1)C(c1ccnn1CC(C)C)CC2. The topological polar surface area (TPSA) is 27.1 Å². The fraction of sp³-hybridized carbons (Fsp3) is 0.500. The zero-order chi connectivity index (χ0) is 15.0. The first-order valence-corrected chi connectivity index (χ1v) is 7.79. The third kappa shape index (κ3) is 2.57. The van der Waals surface area contributed by atoms with Crippen molar-refractivity contribution in [2.24, 2.45) is 5.92 Å². The monoisotopic (exact) mass is 284 g/mol. The molecule has 0 bridgehead atoms. The van der Waals surface area contributed by atoms with Gasteiger partial charge >= 0.3 is 0 Å². The molecule has 0 saturated carbocycles. The van der Waals surface area contributed by atoms with Crippen LogP contribution >= 0.6 is 0 Å². The first-order chi connectivity index (χ1) is 10.1. The Morgan fingerprint density at radius 2 is 2.19 bits per heavy atom. The Balaban J connectivity index is 2.01. The van der Waals surface area contributed by atoms with Gasteiger partial charge in [0.1, 0.15) is 5.75 Å². The number of rotatable bonds is 4. The Morgan fingerprint density at radius 3 is 2.90 bits per heavy atom. The molecule has 0 radical (unpaired) electrons. The van der Waals surface area contributed by atoms with E-state index >= 15 is 0 Å². The highest BCUT2D eigenvalue weighted by Gasteiger charge is 2.28. The number of fused-ring (bicyclic) bond motifs is 1. The van der Waals surface area contributed by atoms with Crippen LogP contribution in [0.4, 0.5) is 0 Å². The Morgan fingerprint density at radius 1 is 1.38 bits per heavy atom. The van der Waals surface area contributed by atoms with Gasteiger partial charge in [-0.3, -0.25) is 4.68 Å². The van der Waals surface area contributed by atoms with E-state index in [2.05, 4.69) is 48.8 Å².